The van der Waals surface area contributed by atoms with Crippen LogP contribution in [0.5, 0.6) is 0 Å². The average Bonchev–Trinajstić information content (AvgIpc) is 3.04. The molecule has 0 aromatic rings. The van der Waals surface area contributed by atoms with E-state index in [0.29, 0.717) is 12.8 Å². The summed E-state index contributed by atoms with van der Waals surface area (Å²) in [4.78, 5) is 12.4. The minimum absolute atomic E-state index is 0.152. The lowest BCUT2D eigenvalue weighted by atomic mass is 9.99. The molecular weight excluding hydrogens is 558 g/mol. The van der Waals surface area contributed by atoms with E-state index in [9.17, 15) is 20.1 Å². The predicted molar refractivity (Wildman–Crippen MR) is 195 cm³/mol. The van der Waals surface area contributed by atoms with E-state index in [1.54, 1.807) is 0 Å². The fourth-order valence-corrected chi connectivity index (χ4v) is 6.21. The number of nitrogens with one attached hydrogen (secondary N) is 1. The van der Waals surface area contributed by atoms with E-state index in [-0.39, 0.29) is 12.5 Å². The second-order valence-corrected chi connectivity index (χ2v) is 13.8. The molecule has 0 rings (SSSR count). The van der Waals surface area contributed by atoms with Gasteiger partial charge in [-0.25, -0.2) is 0 Å². The summed E-state index contributed by atoms with van der Waals surface area (Å²) < 4.78 is 0. The Balaban J connectivity index is 3.67. The first-order valence-electron chi connectivity index (χ1n) is 20.0. The normalized spacial score (nSPS) is 13.8. The van der Waals surface area contributed by atoms with Crippen molar-refractivity contribution in [2.24, 2.45) is 0 Å². The molecule has 0 saturated heterocycles. The van der Waals surface area contributed by atoms with E-state index in [0.717, 1.165) is 44.9 Å². The highest BCUT2D eigenvalue weighted by atomic mass is 16.3. The van der Waals surface area contributed by atoms with Crippen LogP contribution in [0.4, 0.5) is 0 Å². The molecule has 0 fully saturated rings. The van der Waals surface area contributed by atoms with Gasteiger partial charge in [-0.05, 0) is 38.5 Å². The van der Waals surface area contributed by atoms with Crippen molar-refractivity contribution >= 4 is 5.91 Å². The molecule has 3 atom stereocenters. The fraction of sp³-hybridized carbons (Fsp3) is 0.925. The Morgan fingerprint density at radius 3 is 1.29 bits per heavy atom. The average molecular weight is 638 g/mol. The van der Waals surface area contributed by atoms with Crippen molar-refractivity contribution in [1.29, 1.82) is 0 Å². The van der Waals surface area contributed by atoms with Gasteiger partial charge >= 0.3 is 0 Å². The summed E-state index contributed by atoms with van der Waals surface area (Å²) in [5, 5.41) is 33.4. The molecule has 3 unspecified atom stereocenters. The number of unbranched alkanes of at least 4 members (excludes halogenated alkanes) is 26. The molecule has 0 aliphatic rings. The summed E-state index contributed by atoms with van der Waals surface area (Å²) in [6, 6.07) is -0.809. The van der Waals surface area contributed by atoms with Gasteiger partial charge in [0.25, 0.3) is 0 Å². The van der Waals surface area contributed by atoms with E-state index in [1.807, 2.05) is 0 Å². The first kappa shape index (κ1) is 44.1. The lowest BCUT2D eigenvalue weighted by molar-refractivity contribution is -0.124. The molecule has 0 spiro atoms. The van der Waals surface area contributed by atoms with Crippen molar-refractivity contribution in [3.8, 4) is 0 Å². The molecule has 1 amide bonds. The van der Waals surface area contributed by atoms with E-state index >= 15 is 0 Å². The summed E-state index contributed by atoms with van der Waals surface area (Å²) in [5.41, 5.74) is 0. The molecule has 5 heteroatoms. The summed E-state index contributed by atoms with van der Waals surface area (Å²) >= 11 is 0. The van der Waals surface area contributed by atoms with Crippen LogP contribution < -0.4 is 5.32 Å². The molecule has 0 heterocycles. The molecule has 45 heavy (non-hydrogen) atoms. The number of aliphatic hydroxyl groups is 3. The quantitative estimate of drug-likeness (QED) is 0.0406. The largest absolute Gasteiger partial charge is 0.394 e. The van der Waals surface area contributed by atoms with Crippen molar-refractivity contribution in [2.45, 2.75) is 231 Å². The van der Waals surface area contributed by atoms with Crippen LogP contribution in [0.15, 0.2) is 12.2 Å². The van der Waals surface area contributed by atoms with Crippen molar-refractivity contribution in [3.63, 3.8) is 0 Å². The number of hydrogen-bond donors (Lipinski definition) is 4. The van der Waals surface area contributed by atoms with Gasteiger partial charge in [0.05, 0.1) is 18.8 Å². The lowest BCUT2D eigenvalue weighted by Gasteiger charge is -2.26. The highest BCUT2D eigenvalue weighted by Crippen LogP contribution is 2.16. The van der Waals surface area contributed by atoms with Crippen LogP contribution in [0.1, 0.15) is 213 Å². The monoisotopic (exact) mass is 638 g/mol. The maximum atomic E-state index is 12.4. The minimum atomic E-state index is -1.13. The van der Waals surface area contributed by atoms with Crippen molar-refractivity contribution < 1.29 is 20.1 Å². The summed E-state index contributed by atoms with van der Waals surface area (Å²) in [5.74, 6) is -0.152. The number of amides is 1. The molecule has 5 nitrogen and oxygen atoms in total. The summed E-state index contributed by atoms with van der Waals surface area (Å²) in [6.07, 6.45) is 40.2. The number of rotatable bonds is 36. The number of carbonyl (C=O) groups excluding carboxylic acids is 1. The van der Waals surface area contributed by atoms with Crippen LogP contribution in [0, 0.1) is 0 Å². The second kappa shape index (κ2) is 35.9. The Morgan fingerprint density at radius 1 is 0.533 bits per heavy atom. The molecular formula is C40H79NO4. The highest BCUT2D eigenvalue weighted by molar-refractivity contribution is 5.76. The number of hydrogen-bond acceptors (Lipinski definition) is 4. The molecule has 0 aromatic carbocycles. The van der Waals surface area contributed by atoms with Gasteiger partial charge < -0.3 is 20.6 Å². The lowest BCUT2D eigenvalue weighted by Crippen LogP contribution is -2.50. The smallest absolute Gasteiger partial charge is 0.220 e. The molecule has 0 aliphatic carbocycles. The third-order valence-electron chi connectivity index (χ3n) is 9.37. The zero-order chi connectivity index (χ0) is 33.1. The van der Waals surface area contributed by atoms with Crippen LogP contribution >= 0.6 is 0 Å². The van der Waals surface area contributed by atoms with Gasteiger partial charge in [-0.3, -0.25) is 4.79 Å². The third-order valence-corrected chi connectivity index (χ3v) is 9.37. The van der Waals surface area contributed by atoms with Crippen LogP contribution in [0.3, 0.4) is 0 Å². The Labute approximate surface area is 280 Å². The van der Waals surface area contributed by atoms with Gasteiger partial charge in [0.2, 0.25) is 5.91 Å². The van der Waals surface area contributed by atoms with Crippen LogP contribution in [0.2, 0.25) is 0 Å². The second-order valence-electron chi connectivity index (χ2n) is 13.8. The van der Waals surface area contributed by atoms with Crippen molar-refractivity contribution in [2.75, 3.05) is 6.61 Å². The summed E-state index contributed by atoms with van der Waals surface area (Å²) in [7, 11) is 0. The molecule has 0 aliphatic heterocycles. The topological polar surface area (TPSA) is 89.8 Å². The van der Waals surface area contributed by atoms with E-state index in [1.165, 1.54) is 141 Å². The van der Waals surface area contributed by atoms with Gasteiger partial charge in [-0.2, -0.15) is 0 Å². The van der Waals surface area contributed by atoms with Gasteiger partial charge in [-0.1, -0.05) is 180 Å². The SMILES string of the molecule is CCCCCCCCC/C=C\CCCCCCCC(=O)NC(CO)C(O)C(O)CCCCCCCCCCCCCCCCC. The molecule has 0 saturated carbocycles. The van der Waals surface area contributed by atoms with Crippen LogP contribution in [-0.2, 0) is 4.79 Å². The molecule has 0 aromatic heterocycles. The van der Waals surface area contributed by atoms with Gasteiger partial charge in [-0.15, -0.1) is 0 Å². The Morgan fingerprint density at radius 2 is 0.889 bits per heavy atom. The maximum Gasteiger partial charge on any atom is 0.220 e. The van der Waals surface area contributed by atoms with E-state index in [4.69, 9.17) is 0 Å². The van der Waals surface area contributed by atoms with E-state index < -0.39 is 18.2 Å². The standard InChI is InChI=1S/C40H79NO4/c1-3-5-7-9-11-13-15-17-19-21-23-25-27-29-31-33-35-39(44)41-37(36-42)40(45)38(43)34-32-30-28-26-24-22-20-18-16-14-12-10-8-6-4-2/h19,21,37-38,40,42-43,45H,3-18,20,22-36H2,1-2H3,(H,41,44)/b21-19-. The highest BCUT2D eigenvalue weighted by Gasteiger charge is 2.26. The van der Waals surface area contributed by atoms with Crippen LogP contribution in [-0.4, -0.2) is 46.1 Å². The first-order valence-corrected chi connectivity index (χ1v) is 20.0. The van der Waals surface area contributed by atoms with Gasteiger partial charge in [0.15, 0.2) is 0 Å². The van der Waals surface area contributed by atoms with Crippen molar-refractivity contribution in [3.05, 3.63) is 12.2 Å². The van der Waals surface area contributed by atoms with Gasteiger partial charge in [0, 0.05) is 6.42 Å². The zero-order valence-corrected chi connectivity index (χ0v) is 30.3. The Hall–Kier alpha value is -0.910. The van der Waals surface area contributed by atoms with Crippen molar-refractivity contribution in [1.82, 2.24) is 5.32 Å². The van der Waals surface area contributed by atoms with Crippen LogP contribution in [0.25, 0.3) is 0 Å². The number of aliphatic hydroxyl groups excluding tert-OH is 3. The molecule has 4 N–H and O–H groups in total. The molecule has 0 bridgehead atoms. The summed E-state index contributed by atoms with van der Waals surface area (Å²) in [6.45, 7) is 4.17. The Kier molecular flexibility index (Phi) is 35.2. The number of carbonyl (C=O) groups is 1. The fourth-order valence-electron chi connectivity index (χ4n) is 6.21. The Bertz CT molecular complexity index is 625. The third kappa shape index (κ3) is 31.5. The molecule has 268 valence electrons. The molecule has 0 radical (unpaired) electrons. The predicted octanol–water partition coefficient (Wildman–Crippen LogP) is 10.9. The minimum Gasteiger partial charge on any atom is -0.394 e. The first-order chi connectivity index (χ1) is 22.1. The number of allylic oxidation sites excluding steroid dienone is 2. The van der Waals surface area contributed by atoms with Gasteiger partial charge in [0.1, 0.15) is 6.10 Å². The zero-order valence-electron chi connectivity index (χ0n) is 30.3. The maximum absolute atomic E-state index is 12.4. The van der Waals surface area contributed by atoms with E-state index in [2.05, 4.69) is 31.3 Å².